The molecule has 1 aliphatic rings. The lowest BCUT2D eigenvalue weighted by molar-refractivity contribution is 0.413. The fourth-order valence-corrected chi connectivity index (χ4v) is 2.76. The summed E-state index contributed by atoms with van der Waals surface area (Å²) < 4.78 is 0. The number of hydrogen-bond donors (Lipinski definition) is 1. The topological polar surface area (TPSA) is 20.2 Å². The molecule has 2 rings (SSSR count). The average Bonchev–Trinajstić information content (AvgIpc) is 2.29. The Labute approximate surface area is 112 Å². The maximum Gasteiger partial charge on any atom is 0.119 e. The van der Waals surface area contributed by atoms with Crippen LogP contribution in [0.15, 0.2) is 18.2 Å². The lowest BCUT2D eigenvalue weighted by Crippen LogP contribution is -2.13. The van der Waals surface area contributed by atoms with Gasteiger partial charge in [0.05, 0.1) is 0 Å². The zero-order valence-electron chi connectivity index (χ0n) is 11.3. The lowest BCUT2D eigenvalue weighted by atomic mass is 9.80. The molecule has 1 saturated carbocycles. The van der Waals surface area contributed by atoms with Gasteiger partial charge in [-0.05, 0) is 41.4 Å². The van der Waals surface area contributed by atoms with Crippen LogP contribution in [-0.4, -0.2) is 5.11 Å². The summed E-state index contributed by atoms with van der Waals surface area (Å²) in [5.74, 6) is 1.07. The number of aromatic hydroxyl groups is 1. The Hall–Kier alpha value is -0.980. The van der Waals surface area contributed by atoms with E-state index in [9.17, 15) is 5.11 Å². The largest absolute Gasteiger partial charge is 0.508 e. The monoisotopic (exact) mass is 248 g/mol. The summed E-state index contributed by atoms with van der Waals surface area (Å²) in [5.41, 5.74) is 2.67. The molecule has 0 unspecified atom stereocenters. The van der Waals surface area contributed by atoms with Crippen molar-refractivity contribution in [3.05, 3.63) is 29.3 Å². The van der Waals surface area contributed by atoms with Crippen molar-refractivity contribution in [2.45, 2.75) is 71.6 Å². The predicted octanol–water partition coefficient (Wildman–Crippen LogP) is 5.37. The van der Waals surface area contributed by atoms with Crippen molar-refractivity contribution >= 4 is 0 Å². The zero-order valence-corrected chi connectivity index (χ0v) is 11.3. The van der Waals surface area contributed by atoms with E-state index in [0.717, 1.165) is 0 Å². The van der Waals surface area contributed by atoms with Crippen LogP contribution in [0.2, 0.25) is 0 Å². The van der Waals surface area contributed by atoms with Crippen molar-refractivity contribution < 1.29 is 5.11 Å². The molecule has 0 heterocycles. The van der Waals surface area contributed by atoms with Crippen LogP contribution in [0.25, 0.3) is 0 Å². The first kappa shape index (κ1) is 15.1. The van der Waals surface area contributed by atoms with E-state index in [0.29, 0.717) is 11.7 Å². The first-order valence-corrected chi connectivity index (χ1v) is 6.82. The molecule has 0 radical (unpaired) electrons. The first-order valence-electron chi connectivity index (χ1n) is 6.82. The van der Waals surface area contributed by atoms with Gasteiger partial charge in [-0.3, -0.25) is 0 Å². The molecule has 18 heavy (non-hydrogen) atoms. The second-order valence-electron chi connectivity index (χ2n) is 6.36. The Bertz CT molecular complexity index is 381. The van der Waals surface area contributed by atoms with Crippen molar-refractivity contribution in [3.8, 4) is 5.75 Å². The first-order chi connectivity index (χ1) is 7.98. The number of phenolic OH excluding ortho intramolecular Hbond substituents is 1. The van der Waals surface area contributed by atoms with Gasteiger partial charge in [-0.15, -0.1) is 0 Å². The number of hydrogen-bond acceptors (Lipinski definition) is 1. The molecule has 0 amide bonds. The van der Waals surface area contributed by atoms with Gasteiger partial charge in [0.15, 0.2) is 0 Å². The van der Waals surface area contributed by atoms with Crippen molar-refractivity contribution in [2.75, 3.05) is 0 Å². The summed E-state index contributed by atoms with van der Waals surface area (Å²) in [5, 5.41) is 10.1. The second kappa shape index (κ2) is 5.77. The fraction of sp³-hybridized carbons (Fsp3) is 0.647. The zero-order chi connectivity index (χ0) is 12.5. The Morgan fingerprint density at radius 2 is 1.67 bits per heavy atom. The normalized spacial score (nSPS) is 17.3. The molecule has 1 aromatic carbocycles. The molecule has 1 heteroatoms. The third-order valence-electron chi connectivity index (χ3n) is 3.94. The van der Waals surface area contributed by atoms with E-state index >= 15 is 0 Å². The highest BCUT2D eigenvalue weighted by atomic mass is 16.3. The van der Waals surface area contributed by atoms with E-state index in [-0.39, 0.29) is 12.8 Å². The Morgan fingerprint density at radius 1 is 1.06 bits per heavy atom. The summed E-state index contributed by atoms with van der Waals surface area (Å²) >= 11 is 0. The van der Waals surface area contributed by atoms with Gasteiger partial charge in [0.2, 0.25) is 0 Å². The molecule has 0 aromatic heterocycles. The van der Waals surface area contributed by atoms with Gasteiger partial charge in [0.1, 0.15) is 5.75 Å². The minimum absolute atomic E-state index is 0. The van der Waals surface area contributed by atoms with Crippen LogP contribution in [0.3, 0.4) is 0 Å². The molecule has 0 atom stereocenters. The molecule has 1 fully saturated rings. The van der Waals surface area contributed by atoms with Gasteiger partial charge in [0.25, 0.3) is 0 Å². The average molecular weight is 248 g/mol. The SMILES string of the molecule is C.CC(C)(C)c1ccc(O)c(C2CCCCC2)c1. The second-order valence-corrected chi connectivity index (χ2v) is 6.36. The minimum Gasteiger partial charge on any atom is -0.508 e. The maximum absolute atomic E-state index is 10.1. The third-order valence-corrected chi connectivity index (χ3v) is 3.94. The van der Waals surface area contributed by atoms with Crippen LogP contribution in [-0.2, 0) is 5.41 Å². The molecule has 1 aromatic rings. The Balaban J connectivity index is 0.00000162. The van der Waals surface area contributed by atoms with Crippen LogP contribution in [0.4, 0.5) is 0 Å². The highest BCUT2D eigenvalue weighted by molar-refractivity contribution is 5.41. The smallest absolute Gasteiger partial charge is 0.119 e. The highest BCUT2D eigenvalue weighted by Gasteiger charge is 2.21. The molecule has 102 valence electrons. The van der Waals surface area contributed by atoms with Gasteiger partial charge in [-0.1, -0.05) is 59.6 Å². The van der Waals surface area contributed by atoms with Gasteiger partial charge < -0.3 is 5.11 Å². The van der Waals surface area contributed by atoms with Crippen molar-refractivity contribution in [1.29, 1.82) is 0 Å². The van der Waals surface area contributed by atoms with E-state index in [4.69, 9.17) is 0 Å². The molecule has 0 spiro atoms. The van der Waals surface area contributed by atoms with Crippen molar-refractivity contribution in [2.24, 2.45) is 0 Å². The van der Waals surface area contributed by atoms with Crippen LogP contribution >= 0.6 is 0 Å². The molecule has 0 aliphatic heterocycles. The summed E-state index contributed by atoms with van der Waals surface area (Å²) in [6.07, 6.45) is 6.45. The quantitative estimate of drug-likeness (QED) is 0.708. The molecule has 1 aliphatic carbocycles. The van der Waals surface area contributed by atoms with E-state index < -0.39 is 0 Å². The molecule has 0 saturated heterocycles. The highest BCUT2D eigenvalue weighted by Crippen LogP contribution is 2.38. The number of rotatable bonds is 1. The predicted molar refractivity (Wildman–Crippen MR) is 79.4 cm³/mol. The number of phenols is 1. The van der Waals surface area contributed by atoms with Crippen molar-refractivity contribution in [3.63, 3.8) is 0 Å². The molecular formula is C17H28O. The van der Waals surface area contributed by atoms with Crippen LogP contribution in [0.5, 0.6) is 5.75 Å². The molecule has 1 nitrogen and oxygen atoms in total. The van der Waals surface area contributed by atoms with E-state index in [1.807, 2.05) is 6.07 Å². The van der Waals surface area contributed by atoms with Gasteiger partial charge in [-0.2, -0.15) is 0 Å². The van der Waals surface area contributed by atoms with E-state index in [1.54, 1.807) is 0 Å². The van der Waals surface area contributed by atoms with Crippen LogP contribution in [0.1, 0.15) is 77.3 Å². The van der Waals surface area contributed by atoms with Crippen LogP contribution in [0, 0.1) is 0 Å². The van der Waals surface area contributed by atoms with Crippen LogP contribution < -0.4 is 0 Å². The van der Waals surface area contributed by atoms with Gasteiger partial charge in [0, 0.05) is 0 Å². The Kier molecular flexibility index (Phi) is 4.84. The molecule has 1 N–H and O–H groups in total. The maximum atomic E-state index is 10.1. The Morgan fingerprint density at radius 3 is 2.22 bits per heavy atom. The van der Waals surface area contributed by atoms with Gasteiger partial charge >= 0.3 is 0 Å². The van der Waals surface area contributed by atoms with Crippen molar-refractivity contribution in [1.82, 2.24) is 0 Å². The fourth-order valence-electron chi connectivity index (χ4n) is 2.76. The third kappa shape index (κ3) is 3.28. The summed E-state index contributed by atoms with van der Waals surface area (Å²) in [7, 11) is 0. The van der Waals surface area contributed by atoms with E-state index in [1.165, 1.54) is 43.2 Å². The summed E-state index contributed by atoms with van der Waals surface area (Å²) in [4.78, 5) is 0. The summed E-state index contributed by atoms with van der Waals surface area (Å²) in [6.45, 7) is 6.68. The van der Waals surface area contributed by atoms with Gasteiger partial charge in [-0.25, -0.2) is 0 Å². The standard InChI is InChI=1S/C16H24O.CH4/c1-16(2,3)13-9-10-15(17)14(11-13)12-7-5-4-6-8-12;/h9-12,17H,4-8H2,1-3H3;1H4. The number of benzene rings is 1. The van der Waals surface area contributed by atoms with E-state index in [2.05, 4.69) is 32.9 Å². The minimum atomic E-state index is 0. The lowest BCUT2D eigenvalue weighted by Gasteiger charge is -2.26. The summed E-state index contributed by atoms with van der Waals surface area (Å²) in [6, 6.07) is 6.16. The molecule has 0 bridgehead atoms. The molecular weight excluding hydrogens is 220 g/mol.